The standard InChI is InChI=1S/C66H124N10O14/c1-5-6-7-8-9-10-25-76(26-11-15-51(2)54-16-17-55-63-56(46-58(66(54,55)4)90-37-14-22-69)65(3)19-18-53(88-35-12-20-67)44-52(65)45-57(63)89-36-13-21-68)64(84)71-24-39-86-41-43-87-42-40-85-38-23-70-59(77)47-72-27-29-73(48-60(78)79)31-33-75(50-62(82)83)34-32-74(30-28-72)49-61(80)81/h51-58,63H,5-50,67-69H2,1-4H3,(H,70,77)(H,71,84)(H,78,79)(H,80,81)(H,82,83)/t51-,52+,53-,54-,55+,56+,57?,58+,63?,65+,66-/m1/s1. The number of hydrogen-bond acceptors (Lipinski definition) is 18. The number of carboxylic acids is 3. The molecule has 0 aromatic rings. The number of aliphatic carboxylic acids is 3. The van der Waals surface area contributed by atoms with Gasteiger partial charge in [0.15, 0.2) is 0 Å². The number of carbonyl (C=O) groups is 5. The summed E-state index contributed by atoms with van der Waals surface area (Å²) in [6.07, 6.45) is 20.1. The Bertz CT molecular complexity index is 2010. The van der Waals surface area contributed by atoms with Gasteiger partial charge < -0.3 is 76.5 Å². The van der Waals surface area contributed by atoms with Crippen LogP contribution in [0.4, 0.5) is 4.79 Å². The number of ether oxygens (including phenoxy) is 6. The molecule has 0 radical (unpaired) electrons. The Morgan fingerprint density at radius 2 is 1.06 bits per heavy atom. The summed E-state index contributed by atoms with van der Waals surface area (Å²) in [6.45, 7) is 19.9. The fourth-order valence-electron chi connectivity index (χ4n) is 16.0. The molecule has 11 N–H and O–H groups in total. The lowest BCUT2D eigenvalue weighted by atomic mass is 9.43. The van der Waals surface area contributed by atoms with E-state index in [-0.39, 0.29) is 80.4 Å². The van der Waals surface area contributed by atoms with Gasteiger partial charge in [0.25, 0.3) is 0 Å². The number of nitrogens with zero attached hydrogens (tertiary/aromatic N) is 5. The van der Waals surface area contributed by atoms with Crippen molar-refractivity contribution < 1.29 is 67.7 Å². The van der Waals surface area contributed by atoms with E-state index in [1.807, 2.05) is 9.80 Å². The van der Waals surface area contributed by atoms with Gasteiger partial charge >= 0.3 is 23.9 Å². The van der Waals surface area contributed by atoms with Crippen LogP contribution in [0.1, 0.15) is 143 Å². The smallest absolute Gasteiger partial charge is 0.317 e. The lowest BCUT2D eigenvalue weighted by Gasteiger charge is -2.65. The number of unbranched alkanes of at least 4 members (excludes halogenated alkanes) is 5. The lowest BCUT2D eigenvalue weighted by molar-refractivity contribution is -0.227. The molecule has 5 rings (SSSR count). The van der Waals surface area contributed by atoms with Crippen LogP contribution >= 0.6 is 0 Å². The van der Waals surface area contributed by atoms with Gasteiger partial charge in [-0.1, -0.05) is 59.8 Å². The fourth-order valence-corrected chi connectivity index (χ4v) is 16.0. The average molecular weight is 1280 g/mol. The van der Waals surface area contributed by atoms with Crippen molar-refractivity contribution in [3.63, 3.8) is 0 Å². The summed E-state index contributed by atoms with van der Waals surface area (Å²) < 4.78 is 37.8. The number of urea groups is 1. The molecule has 2 unspecified atom stereocenters. The maximum Gasteiger partial charge on any atom is 0.317 e. The van der Waals surface area contributed by atoms with Crippen molar-refractivity contribution in [2.24, 2.45) is 63.5 Å². The molecule has 90 heavy (non-hydrogen) atoms. The highest BCUT2D eigenvalue weighted by Crippen LogP contribution is 2.69. The van der Waals surface area contributed by atoms with Crippen LogP contribution in [0.15, 0.2) is 0 Å². The van der Waals surface area contributed by atoms with Crippen LogP contribution in [0.2, 0.25) is 0 Å². The number of nitrogens with two attached hydrogens (primary N) is 3. The predicted octanol–water partition coefficient (Wildman–Crippen LogP) is 4.50. The Morgan fingerprint density at radius 3 is 1.61 bits per heavy atom. The molecule has 24 nitrogen and oxygen atoms in total. The third-order valence-corrected chi connectivity index (χ3v) is 20.9. The molecule has 4 aliphatic carbocycles. The number of fused-ring (bicyclic) bond motifs is 5. The van der Waals surface area contributed by atoms with Gasteiger partial charge in [-0.05, 0) is 144 Å². The van der Waals surface area contributed by atoms with E-state index < -0.39 is 17.9 Å². The molecule has 0 spiro atoms. The van der Waals surface area contributed by atoms with Crippen LogP contribution in [0.3, 0.4) is 0 Å². The Hall–Kier alpha value is -3.37. The van der Waals surface area contributed by atoms with Gasteiger partial charge in [-0.2, -0.15) is 0 Å². The van der Waals surface area contributed by atoms with Crippen LogP contribution < -0.4 is 27.8 Å². The molecule has 522 valence electrons. The molecular formula is C66H124N10O14. The molecule has 3 amide bonds. The highest BCUT2D eigenvalue weighted by atomic mass is 16.5. The number of rotatable bonds is 44. The van der Waals surface area contributed by atoms with Gasteiger partial charge in [0, 0.05) is 104 Å². The van der Waals surface area contributed by atoms with Crippen LogP contribution in [-0.4, -0.2) is 272 Å². The second-order valence-electron chi connectivity index (χ2n) is 27.1. The SMILES string of the molecule is CCCCCCCCN(CCC[C@@H](C)[C@H]1CC[C@H]2C3C(OCCCN)C[C@@H]4C[C@H](OCCCN)CC[C@]4(C)[C@H]3C[C@H](OCCCN)[C@]12C)C(=O)NCCOCCOCCOCCNC(=O)CN1CCN(CC(=O)O)CCN(CC(=O)O)CCN(CC(=O)O)CC1. The minimum Gasteiger partial charge on any atom is -0.480 e. The van der Waals surface area contributed by atoms with Gasteiger partial charge in [0.2, 0.25) is 5.91 Å². The molecule has 5 aliphatic rings. The van der Waals surface area contributed by atoms with E-state index in [1.165, 1.54) is 44.9 Å². The summed E-state index contributed by atoms with van der Waals surface area (Å²) in [6, 6.07) is -0.0405. The van der Waals surface area contributed by atoms with Crippen molar-refractivity contribution in [3.05, 3.63) is 0 Å². The van der Waals surface area contributed by atoms with Gasteiger partial charge in [0.05, 0.1) is 84.1 Å². The first-order valence-electron chi connectivity index (χ1n) is 35.0. The van der Waals surface area contributed by atoms with E-state index in [4.69, 9.17) is 45.6 Å². The number of amides is 3. The lowest BCUT2D eigenvalue weighted by Crippen LogP contribution is -2.63. The molecule has 1 aliphatic heterocycles. The molecule has 1 saturated heterocycles. The molecule has 0 bridgehead atoms. The second-order valence-corrected chi connectivity index (χ2v) is 27.1. The molecule has 0 aromatic heterocycles. The van der Waals surface area contributed by atoms with Crippen molar-refractivity contribution in [2.45, 2.75) is 162 Å². The van der Waals surface area contributed by atoms with Crippen molar-refractivity contribution in [2.75, 3.05) is 184 Å². The number of nitrogens with one attached hydrogen (secondary N) is 2. The minimum absolute atomic E-state index is 0.000201. The van der Waals surface area contributed by atoms with Crippen molar-refractivity contribution in [1.29, 1.82) is 0 Å². The zero-order valence-corrected chi connectivity index (χ0v) is 56.0. The van der Waals surface area contributed by atoms with Crippen molar-refractivity contribution >= 4 is 29.8 Å². The first-order chi connectivity index (χ1) is 43.5. The summed E-state index contributed by atoms with van der Waals surface area (Å²) in [5.74, 6) is -0.299. The zero-order valence-electron chi connectivity index (χ0n) is 56.0. The third kappa shape index (κ3) is 26.1. The third-order valence-electron chi connectivity index (χ3n) is 20.9. The number of hydrogen-bond donors (Lipinski definition) is 8. The Morgan fingerprint density at radius 1 is 0.556 bits per heavy atom. The molecule has 4 saturated carbocycles. The highest BCUT2D eigenvalue weighted by molar-refractivity contribution is 5.78. The largest absolute Gasteiger partial charge is 0.480 e. The predicted molar refractivity (Wildman–Crippen MR) is 347 cm³/mol. The second kappa shape index (κ2) is 42.9. The Labute approximate surface area is 539 Å². The number of carbonyl (C=O) groups excluding carboxylic acids is 2. The zero-order chi connectivity index (χ0) is 65.2. The maximum atomic E-state index is 13.9. The van der Waals surface area contributed by atoms with E-state index in [2.05, 4.69) is 38.3 Å². The molecule has 11 atom stereocenters. The quantitative estimate of drug-likeness (QED) is 0.0390. The fraction of sp³-hybridized carbons (Fsp3) is 0.924. The normalized spacial score (nSPS) is 27.6. The topological polar surface area (TPSA) is 320 Å². The van der Waals surface area contributed by atoms with Gasteiger partial charge in [0.1, 0.15) is 0 Å². The van der Waals surface area contributed by atoms with Crippen LogP contribution in [-0.2, 0) is 47.6 Å². The first kappa shape index (κ1) is 77.3. The van der Waals surface area contributed by atoms with E-state index in [1.54, 1.807) is 14.7 Å². The van der Waals surface area contributed by atoms with Crippen molar-refractivity contribution in [3.8, 4) is 0 Å². The van der Waals surface area contributed by atoms with E-state index >= 15 is 0 Å². The van der Waals surface area contributed by atoms with Gasteiger partial charge in [-0.15, -0.1) is 0 Å². The monoisotopic (exact) mass is 1280 g/mol. The highest BCUT2D eigenvalue weighted by Gasteiger charge is 2.66. The van der Waals surface area contributed by atoms with Crippen LogP contribution in [0, 0.1) is 46.3 Å². The number of carboxylic acid groups (broad SMARTS) is 3. The molecular weight excluding hydrogens is 1160 g/mol. The van der Waals surface area contributed by atoms with Crippen molar-refractivity contribution in [1.82, 2.24) is 35.1 Å². The van der Waals surface area contributed by atoms with Gasteiger partial charge in [-0.3, -0.25) is 38.8 Å². The van der Waals surface area contributed by atoms with E-state index in [9.17, 15) is 39.3 Å². The molecule has 24 heteroatoms. The minimum atomic E-state index is -1.02. The van der Waals surface area contributed by atoms with Gasteiger partial charge in [-0.25, -0.2) is 4.79 Å². The summed E-state index contributed by atoms with van der Waals surface area (Å²) in [5.41, 5.74) is 18.2. The van der Waals surface area contributed by atoms with Crippen LogP contribution in [0.5, 0.6) is 0 Å². The summed E-state index contributed by atoms with van der Waals surface area (Å²) in [7, 11) is 0. The Kier molecular flexibility index (Phi) is 36.8. The summed E-state index contributed by atoms with van der Waals surface area (Å²) >= 11 is 0. The van der Waals surface area contributed by atoms with E-state index in [0.717, 1.165) is 83.8 Å². The van der Waals surface area contributed by atoms with E-state index in [0.29, 0.717) is 167 Å². The molecule has 5 fully saturated rings. The molecule has 0 aromatic carbocycles. The summed E-state index contributed by atoms with van der Waals surface area (Å²) in [4.78, 5) is 70.7. The molecule has 1 heterocycles. The first-order valence-corrected chi connectivity index (χ1v) is 35.0. The average Bonchev–Trinajstić information content (AvgIpc) is 1.31. The van der Waals surface area contributed by atoms with Crippen LogP contribution in [0.25, 0.3) is 0 Å². The summed E-state index contributed by atoms with van der Waals surface area (Å²) in [5, 5.41) is 34.5. The maximum absolute atomic E-state index is 13.9. The Balaban J connectivity index is 1.04.